The Morgan fingerprint density at radius 2 is 1.41 bits per heavy atom. The minimum Gasteiger partial charge on any atom is -0.497 e. The van der Waals surface area contributed by atoms with Crippen molar-refractivity contribution in [1.29, 1.82) is 0 Å². The third kappa shape index (κ3) is 4.65. The lowest BCUT2D eigenvalue weighted by Gasteiger charge is -2.15. The Labute approximate surface area is 175 Å². The van der Waals surface area contributed by atoms with E-state index in [0.717, 1.165) is 16.9 Å². The number of ether oxygens (including phenoxy) is 2. The SMILES string of the molecule is COc1ccc(CCN2C(=O)C(SC(C)C)=C(c3ccc(OC)cc3)C2=O)cc1. The molecule has 0 N–H and O–H groups in total. The number of hydrogen-bond acceptors (Lipinski definition) is 5. The highest BCUT2D eigenvalue weighted by Gasteiger charge is 2.39. The molecule has 5 nitrogen and oxygen atoms in total. The van der Waals surface area contributed by atoms with Gasteiger partial charge >= 0.3 is 0 Å². The summed E-state index contributed by atoms with van der Waals surface area (Å²) in [6.07, 6.45) is 0.594. The van der Waals surface area contributed by atoms with Crippen molar-refractivity contribution < 1.29 is 19.1 Å². The highest BCUT2D eigenvalue weighted by Crippen LogP contribution is 2.38. The van der Waals surface area contributed by atoms with Crippen LogP contribution < -0.4 is 9.47 Å². The number of carbonyl (C=O) groups is 2. The average Bonchev–Trinajstić information content (AvgIpc) is 2.96. The van der Waals surface area contributed by atoms with Crippen molar-refractivity contribution in [2.24, 2.45) is 0 Å². The number of methoxy groups -OCH3 is 2. The van der Waals surface area contributed by atoms with Crippen LogP contribution in [0.1, 0.15) is 25.0 Å². The van der Waals surface area contributed by atoms with Gasteiger partial charge in [-0.25, -0.2) is 0 Å². The van der Waals surface area contributed by atoms with E-state index in [1.165, 1.54) is 16.7 Å². The van der Waals surface area contributed by atoms with E-state index in [1.54, 1.807) is 26.4 Å². The molecule has 0 fully saturated rings. The maximum atomic E-state index is 13.2. The number of rotatable bonds is 8. The lowest BCUT2D eigenvalue weighted by atomic mass is 10.1. The second-order valence-corrected chi connectivity index (χ2v) is 8.55. The number of imide groups is 1. The van der Waals surface area contributed by atoms with E-state index in [-0.39, 0.29) is 17.1 Å². The largest absolute Gasteiger partial charge is 0.497 e. The fraction of sp³-hybridized carbons (Fsp3) is 0.304. The molecule has 1 heterocycles. The van der Waals surface area contributed by atoms with Crippen molar-refractivity contribution in [3.8, 4) is 11.5 Å². The molecular weight excluding hydrogens is 386 g/mol. The molecule has 0 saturated carbocycles. The second kappa shape index (κ2) is 9.18. The van der Waals surface area contributed by atoms with Crippen LogP contribution >= 0.6 is 11.8 Å². The van der Waals surface area contributed by atoms with E-state index < -0.39 is 0 Å². The van der Waals surface area contributed by atoms with Crippen molar-refractivity contribution >= 4 is 29.1 Å². The number of thioether (sulfide) groups is 1. The zero-order chi connectivity index (χ0) is 21.0. The molecule has 0 saturated heterocycles. The second-order valence-electron chi connectivity index (χ2n) is 6.96. The van der Waals surface area contributed by atoms with Gasteiger partial charge in [-0.05, 0) is 41.8 Å². The average molecular weight is 412 g/mol. The fourth-order valence-electron chi connectivity index (χ4n) is 3.15. The molecule has 2 amide bonds. The lowest BCUT2D eigenvalue weighted by Crippen LogP contribution is -2.33. The van der Waals surface area contributed by atoms with Gasteiger partial charge in [0.25, 0.3) is 11.8 Å². The predicted octanol–water partition coefficient (Wildman–Crippen LogP) is 4.17. The Hall–Kier alpha value is -2.73. The Morgan fingerprint density at radius 3 is 1.93 bits per heavy atom. The number of nitrogens with zero attached hydrogens (tertiary/aromatic N) is 1. The summed E-state index contributed by atoms with van der Waals surface area (Å²) in [7, 11) is 3.22. The van der Waals surface area contributed by atoms with Gasteiger partial charge < -0.3 is 9.47 Å². The van der Waals surface area contributed by atoms with Gasteiger partial charge in [-0.15, -0.1) is 11.8 Å². The Balaban J connectivity index is 1.83. The first-order valence-corrected chi connectivity index (χ1v) is 10.4. The van der Waals surface area contributed by atoms with Crippen LogP contribution in [-0.2, 0) is 16.0 Å². The van der Waals surface area contributed by atoms with Crippen LogP contribution in [0.3, 0.4) is 0 Å². The summed E-state index contributed by atoms with van der Waals surface area (Å²) in [6, 6.07) is 14.9. The topological polar surface area (TPSA) is 55.8 Å². The van der Waals surface area contributed by atoms with Gasteiger partial charge in [-0.3, -0.25) is 14.5 Å². The fourth-order valence-corrected chi connectivity index (χ4v) is 4.15. The maximum absolute atomic E-state index is 13.2. The first-order valence-electron chi connectivity index (χ1n) is 9.49. The molecule has 2 aromatic rings. The normalized spacial score (nSPS) is 14.2. The van der Waals surface area contributed by atoms with Gasteiger partial charge in [-0.1, -0.05) is 38.1 Å². The Morgan fingerprint density at radius 1 is 0.862 bits per heavy atom. The summed E-state index contributed by atoms with van der Waals surface area (Å²) in [5, 5.41) is 0.191. The summed E-state index contributed by atoms with van der Waals surface area (Å²) in [6.45, 7) is 4.37. The summed E-state index contributed by atoms with van der Waals surface area (Å²) >= 11 is 1.44. The summed E-state index contributed by atoms with van der Waals surface area (Å²) in [4.78, 5) is 28.1. The molecular formula is C23H25NO4S. The van der Waals surface area contributed by atoms with Crippen molar-refractivity contribution in [2.45, 2.75) is 25.5 Å². The molecule has 3 rings (SSSR count). The molecule has 0 atom stereocenters. The quantitative estimate of drug-likeness (QED) is 0.611. The number of benzene rings is 2. The highest BCUT2D eigenvalue weighted by molar-refractivity contribution is 8.04. The zero-order valence-corrected chi connectivity index (χ0v) is 17.9. The molecule has 1 aliphatic heterocycles. The van der Waals surface area contributed by atoms with Gasteiger partial charge in [0.05, 0.1) is 24.7 Å². The minimum absolute atomic E-state index is 0.191. The highest BCUT2D eigenvalue weighted by atomic mass is 32.2. The molecule has 0 radical (unpaired) electrons. The molecule has 0 unspecified atom stereocenters. The van der Waals surface area contributed by atoms with Gasteiger partial charge in [0.1, 0.15) is 11.5 Å². The van der Waals surface area contributed by atoms with Crippen LogP contribution in [0.5, 0.6) is 11.5 Å². The van der Waals surface area contributed by atoms with Crippen molar-refractivity contribution in [2.75, 3.05) is 20.8 Å². The van der Waals surface area contributed by atoms with Gasteiger partial charge in [0.15, 0.2) is 0 Å². The monoisotopic (exact) mass is 411 g/mol. The third-order valence-electron chi connectivity index (χ3n) is 4.64. The molecule has 0 aliphatic carbocycles. The van der Waals surface area contributed by atoms with Crippen LogP contribution in [0.2, 0.25) is 0 Å². The summed E-state index contributed by atoms with van der Waals surface area (Å²) in [5.74, 6) is 1.03. The first-order chi connectivity index (χ1) is 13.9. The van der Waals surface area contributed by atoms with E-state index in [1.807, 2.05) is 50.2 Å². The van der Waals surface area contributed by atoms with Gasteiger partial charge in [0, 0.05) is 11.8 Å². The zero-order valence-electron chi connectivity index (χ0n) is 17.1. The molecule has 0 spiro atoms. The first kappa shape index (κ1) is 21.0. The van der Waals surface area contributed by atoms with E-state index >= 15 is 0 Å². The Kier molecular flexibility index (Phi) is 6.64. The van der Waals surface area contributed by atoms with E-state index in [4.69, 9.17) is 9.47 Å². The predicted molar refractivity (Wildman–Crippen MR) is 116 cm³/mol. The van der Waals surface area contributed by atoms with Crippen molar-refractivity contribution in [3.63, 3.8) is 0 Å². The van der Waals surface area contributed by atoms with Gasteiger partial charge in [-0.2, -0.15) is 0 Å². The van der Waals surface area contributed by atoms with E-state index in [0.29, 0.717) is 29.2 Å². The molecule has 2 aromatic carbocycles. The van der Waals surface area contributed by atoms with Gasteiger partial charge in [0.2, 0.25) is 0 Å². The van der Waals surface area contributed by atoms with Crippen LogP contribution in [0.4, 0.5) is 0 Å². The number of amides is 2. The minimum atomic E-state index is -0.239. The lowest BCUT2D eigenvalue weighted by molar-refractivity contribution is -0.136. The van der Waals surface area contributed by atoms with E-state index in [9.17, 15) is 9.59 Å². The van der Waals surface area contributed by atoms with Crippen LogP contribution in [0, 0.1) is 0 Å². The third-order valence-corrected chi connectivity index (χ3v) is 5.73. The molecule has 6 heteroatoms. The van der Waals surface area contributed by atoms with Crippen molar-refractivity contribution in [1.82, 2.24) is 4.90 Å². The van der Waals surface area contributed by atoms with Crippen LogP contribution in [0.25, 0.3) is 5.57 Å². The molecule has 29 heavy (non-hydrogen) atoms. The Bertz CT molecular complexity index is 917. The number of hydrogen-bond donors (Lipinski definition) is 0. The summed E-state index contributed by atoms with van der Waals surface area (Å²) < 4.78 is 10.4. The molecule has 152 valence electrons. The molecule has 0 bridgehead atoms. The van der Waals surface area contributed by atoms with Crippen molar-refractivity contribution in [3.05, 3.63) is 64.6 Å². The molecule has 0 aromatic heterocycles. The summed E-state index contributed by atoms with van der Waals surface area (Å²) in [5.41, 5.74) is 2.26. The van der Waals surface area contributed by atoms with Crippen LogP contribution in [0.15, 0.2) is 53.4 Å². The van der Waals surface area contributed by atoms with E-state index in [2.05, 4.69) is 0 Å². The number of carbonyl (C=O) groups excluding carboxylic acids is 2. The maximum Gasteiger partial charge on any atom is 0.268 e. The van der Waals surface area contributed by atoms with Crippen LogP contribution in [-0.4, -0.2) is 42.7 Å². The molecule has 1 aliphatic rings. The standard InChI is InChI=1S/C23H25NO4S/c1-15(2)29-21-20(17-7-11-19(28-4)12-8-17)22(25)24(23(21)26)14-13-16-5-9-18(27-3)10-6-16/h5-12,15H,13-14H2,1-4H3. The smallest absolute Gasteiger partial charge is 0.268 e.